The summed E-state index contributed by atoms with van der Waals surface area (Å²) in [5.74, 6) is -0.412. The number of ether oxygens (including phenoxy) is 2. The van der Waals surface area contributed by atoms with E-state index < -0.39 is 5.97 Å². The molecule has 2 N–H and O–H groups in total. The lowest BCUT2D eigenvalue weighted by atomic mass is 10.2. The molecule has 1 heterocycles. The first-order valence-corrected chi connectivity index (χ1v) is 7.76. The van der Waals surface area contributed by atoms with Crippen molar-refractivity contribution in [3.63, 3.8) is 0 Å². The third-order valence-electron chi connectivity index (χ3n) is 3.91. The molecule has 1 amide bonds. The molecule has 0 radical (unpaired) electrons. The van der Waals surface area contributed by atoms with E-state index in [1.54, 1.807) is 6.07 Å². The van der Waals surface area contributed by atoms with Gasteiger partial charge < -0.3 is 29.7 Å². The minimum absolute atomic E-state index is 0.0898. The summed E-state index contributed by atoms with van der Waals surface area (Å²) >= 11 is 0. The van der Waals surface area contributed by atoms with Gasteiger partial charge in [-0.05, 0) is 12.1 Å². The number of hydrogen-bond acceptors (Lipinski definition) is 7. The summed E-state index contributed by atoms with van der Waals surface area (Å²) in [7, 11) is 6.61. The van der Waals surface area contributed by atoms with Crippen LogP contribution in [0.4, 0.5) is 11.4 Å². The largest absolute Gasteiger partial charge is 0.494 e. The van der Waals surface area contributed by atoms with Crippen molar-refractivity contribution < 1.29 is 24.2 Å². The highest BCUT2D eigenvalue weighted by atomic mass is 16.5. The highest BCUT2D eigenvalue weighted by Gasteiger charge is 2.34. The fraction of sp³-hybridized carbons (Fsp3) is 0.412. The van der Waals surface area contributed by atoms with Crippen molar-refractivity contribution in [3.8, 4) is 5.75 Å². The number of aliphatic hydroxyl groups is 1. The predicted octanol–water partition coefficient (Wildman–Crippen LogP) is 0.435. The van der Waals surface area contributed by atoms with Gasteiger partial charge in [0.1, 0.15) is 11.4 Å². The Bertz CT molecular complexity index is 700. The number of β-amino-alcohol motifs (C(OH)–C–C–N with tert-alkyl or cyclic N) is 1. The van der Waals surface area contributed by atoms with Gasteiger partial charge in [-0.15, -0.1) is 0 Å². The SMILES string of the molecule is COC(=O)C1=C(Nc2ccc(N(C)C)cc2OC)C(=O)N(CCO)C1. The molecule has 1 aromatic carbocycles. The second kappa shape index (κ2) is 7.89. The van der Waals surface area contributed by atoms with E-state index in [9.17, 15) is 9.59 Å². The number of aliphatic hydroxyl groups excluding tert-OH is 1. The number of methoxy groups -OCH3 is 2. The second-order valence-corrected chi connectivity index (χ2v) is 5.70. The van der Waals surface area contributed by atoms with Gasteiger partial charge in [0.2, 0.25) is 0 Å². The zero-order chi connectivity index (χ0) is 18.6. The lowest BCUT2D eigenvalue weighted by molar-refractivity contribution is -0.136. The number of carbonyl (C=O) groups excluding carboxylic acids is 2. The molecule has 0 saturated heterocycles. The molecular formula is C17H23N3O5. The maximum absolute atomic E-state index is 12.5. The molecular weight excluding hydrogens is 326 g/mol. The molecule has 0 aromatic heterocycles. The quantitative estimate of drug-likeness (QED) is 0.690. The number of carbonyl (C=O) groups is 2. The van der Waals surface area contributed by atoms with Crippen LogP contribution in [0.1, 0.15) is 0 Å². The van der Waals surface area contributed by atoms with Crippen molar-refractivity contribution in [2.75, 3.05) is 58.2 Å². The Hall–Kier alpha value is -2.74. The summed E-state index contributed by atoms with van der Waals surface area (Å²) in [5.41, 5.74) is 1.85. The molecule has 136 valence electrons. The van der Waals surface area contributed by atoms with Crippen LogP contribution in [0.15, 0.2) is 29.5 Å². The molecule has 1 aliphatic rings. The highest BCUT2D eigenvalue weighted by Crippen LogP contribution is 2.32. The molecule has 8 nitrogen and oxygen atoms in total. The van der Waals surface area contributed by atoms with Crippen LogP contribution in [0, 0.1) is 0 Å². The minimum Gasteiger partial charge on any atom is -0.494 e. The first-order chi connectivity index (χ1) is 11.9. The Kier molecular flexibility index (Phi) is 5.87. The number of esters is 1. The van der Waals surface area contributed by atoms with Crippen molar-refractivity contribution in [1.29, 1.82) is 0 Å². The number of nitrogens with zero attached hydrogens (tertiary/aromatic N) is 2. The van der Waals surface area contributed by atoms with E-state index in [4.69, 9.17) is 14.6 Å². The molecule has 0 unspecified atom stereocenters. The van der Waals surface area contributed by atoms with Gasteiger partial charge in [-0.25, -0.2) is 4.79 Å². The van der Waals surface area contributed by atoms with Gasteiger partial charge in [-0.2, -0.15) is 0 Å². The van der Waals surface area contributed by atoms with Crippen molar-refractivity contribution in [2.45, 2.75) is 0 Å². The predicted molar refractivity (Wildman–Crippen MR) is 93.7 cm³/mol. The number of benzene rings is 1. The fourth-order valence-electron chi connectivity index (χ4n) is 2.54. The molecule has 0 spiro atoms. The second-order valence-electron chi connectivity index (χ2n) is 5.70. The van der Waals surface area contributed by atoms with Crippen molar-refractivity contribution in [1.82, 2.24) is 4.90 Å². The van der Waals surface area contributed by atoms with E-state index in [2.05, 4.69) is 5.32 Å². The minimum atomic E-state index is -0.583. The van der Waals surface area contributed by atoms with Gasteiger partial charge in [0.15, 0.2) is 0 Å². The third-order valence-corrected chi connectivity index (χ3v) is 3.91. The first-order valence-electron chi connectivity index (χ1n) is 7.76. The van der Waals surface area contributed by atoms with E-state index in [1.165, 1.54) is 19.1 Å². The highest BCUT2D eigenvalue weighted by molar-refractivity contribution is 6.08. The summed E-state index contributed by atoms with van der Waals surface area (Å²) < 4.78 is 10.2. The fourth-order valence-corrected chi connectivity index (χ4v) is 2.54. The summed E-state index contributed by atoms with van der Waals surface area (Å²) in [6, 6.07) is 5.47. The molecule has 0 atom stereocenters. The summed E-state index contributed by atoms with van der Waals surface area (Å²) in [6.07, 6.45) is 0. The topological polar surface area (TPSA) is 91.3 Å². The molecule has 0 bridgehead atoms. The molecule has 0 saturated carbocycles. The Morgan fingerprint density at radius 1 is 1.36 bits per heavy atom. The number of anilines is 2. The van der Waals surface area contributed by atoms with E-state index in [-0.39, 0.29) is 36.9 Å². The monoisotopic (exact) mass is 349 g/mol. The molecule has 2 rings (SSSR count). The Morgan fingerprint density at radius 3 is 2.64 bits per heavy atom. The summed E-state index contributed by atoms with van der Waals surface area (Å²) in [4.78, 5) is 27.9. The molecule has 8 heteroatoms. The maximum Gasteiger partial charge on any atom is 0.337 e. The number of amides is 1. The Balaban J connectivity index is 2.38. The zero-order valence-electron chi connectivity index (χ0n) is 14.8. The molecule has 0 aliphatic carbocycles. The van der Waals surface area contributed by atoms with Crippen LogP contribution >= 0.6 is 0 Å². The van der Waals surface area contributed by atoms with Crippen LogP contribution in [0.3, 0.4) is 0 Å². The van der Waals surface area contributed by atoms with Gasteiger partial charge in [-0.1, -0.05) is 0 Å². The van der Waals surface area contributed by atoms with E-state index in [1.807, 2.05) is 31.1 Å². The van der Waals surface area contributed by atoms with Crippen molar-refractivity contribution in [3.05, 3.63) is 29.5 Å². The number of hydrogen-bond donors (Lipinski definition) is 2. The van der Waals surface area contributed by atoms with Gasteiger partial charge in [0, 0.05) is 32.4 Å². The van der Waals surface area contributed by atoms with Gasteiger partial charge >= 0.3 is 5.97 Å². The van der Waals surface area contributed by atoms with Crippen LogP contribution in [0.25, 0.3) is 0 Å². The van der Waals surface area contributed by atoms with Crippen LogP contribution in [0.5, 0.6) is 5.75 Å². The molecule has 1 aromatic rings. The number of rotatable bonds is 7. The van der Waals surface area contributed by atoms with Gasteiger partial charge in [-0.3, -0.25) is 4.79 Å². The summed E-state index contributed by atoms with van der Waals surface area (Å²) in [6.45, 7) is 0.0437. The smallest absolute Gasteiger partial charge is 0.337 e. The standard InChI is InChI=1S/C17H23N3O5/c1-19(2)11-5-6-13(14(9-11)24-3)18-15-12(17(23)25-4)10-20(7-8-21)16(15)22/h5-6,9,18,21H,7-8,10H2,1-4H3. The third kappa shape index (κ3) is 3.85. The lowest BCUT2D eigenvalue weighted by Crippen LogP contribution is -2.31. The van der Waals surface area contributed by atoms with Crippen LogP contribution < -0.4 is 15.0 Å². The van der Waals surface area contributed by atoms with Crippen molar-refractivity contribution >= 4 is 23.3 Å². The summed E-state index contributed by atoms with van der Waals surface area (Å²) in [5, 5.41) is 12.1. The molecule has 0 fully saturated rings. The first kappa shape index (κ1) is 18.6. The Morgan fingerprint density at radius 2 is 2.08 bits per heavy atom. The van der Waals surface area contributed by atoms with Gasteiger partial charge in [0.05, 0.1) is 38.6 Å². The van der Waals surface area contributed by atoms with Gasteiger partial charge in [0.25, 0.3) is 5.91 Å². The Labute approximate surface area is 146 Å². The lowest BCUT2D eigenvalue weighted by Gasteiger charge is -2.18. The molecule has 1 aliphatic heterocycles. The van der Waals surface area contributed by atoms with E-state index in [0.717, 1.165) is 5.69 Å². The maximum atomic E-state index is 12.5. The van der Waals surface area contributed by atoms with E-state index in [0.29, 0.717) is 11.4 Å². The normalized spacial score (nSPS) is 14.0. The van der Waals surface area contributed by atoms with E-state index >= 15 is 0 Å². The van der Waals surface area contributed by atoms with Crippen molar-refractivity contribution in [2.24, 2.45) is 0 Å². The number of nitrogens with one attached hydrogen (secondary N) is 1. The zero-order valence-corrected chi connectivity index (χ0v) is 14.8. The van der Waals surface area contributed by atoms with Crippen LogP contribution in [0.2, 0.25) is 0 Å². The average Bonchev–Trinajstić information content (AvgIpc) is 2.91. The van der Waals surface area contributed by atoms with Crippen LogP contribution in [-0.4, -0.2) is 69.9 Å². The molecule has 25 heavy (non-hydrogen) atoms. The average molecular weight is 349 g/mol. The van der Waals surface area contributed by atoms with Crippen LogP contribution in [-0.2, 0) is 14.3 Å².